The molecule has 0 bridgehead atoms. The highest BCUT2D eigenvalue weighted by atomic mass is 19.1. The lowest BCUT2D eigenvalue weighted by atomic mass is 10.1. The van der Waals surface area contributed by atoms with Crippen molar-refractivity contribution in [3.63, 3.8) is 0 Å². The van der Waals surface area contributed by atoms with E-state index in [0.717, 1.165) is 22.8 Å². The molecule has 0 N–H and O–H groups in total. The topological polar surface area (TPSA) is 36.7 Å². The summed E-state index contributed by atoms with van der Waals surface area (Å²) in [5.74, 6) is 1.55. The largest absolute Gasteiger partial charge is 0.378 e. The third kappa shape index (κ3) is 3.16. The normalized spacial score (nSPS) is 15.7. The maximum atomic E-state index is 13.3. The molecule has 3 aromatic rings. The molecule has 1 fully saturated rings. The summed E-state index contributed by atoms with van der Waals surface area (Å²) in [6.07, 6.45) is 4.44. The Morgan fingerprint density at radius 2 is 1.76 bits per heavy atom. The van der Waals surface area contributed by atoms with Crippen LogP contribution in [0, 0.1) is 0 Å². The van der Waals surface area contributed by atoms with Crippen LogP contribution < -0.4 is 9.80 Å². The second-order valence-electron chi connectivity index (χ2n) is 6.72. The molecule has 0 atom stereocenters. The summed E-state index contributed by atoms with van der Waals surface area (Å²) < 4.78 is 15.3. The van der Waals surface area contributed by atoms with Crippen LogP contribution in [-0.2, 0) is 0 Å². The number of benzene rings is 1. The summed E-state index contributed by atoms with van der Waals surface area (Å²) in [6, 6.07) is 10.3. The molecule has 5 nitrogen and oxygen atoms in total. The van der Waals surface area contributed by atoms with Gasteiger partial charge in [0, 0.05) is 50.8 Å². The van der Waals surface area contributed by atoms with E-state index in [4.69, 9.17) is 0 Å². The van der Waals surface area contributed by atoms with Crippen LogP contribution in [0.5, 0.6) is 0 Å². The number of anilines is 2. The molecular formula is C19H22FN5. The third-order valence-electron chi connectivity index (χ3n) is 4.74. The fourth-order valence-electron chi connectivity index (χ4n) is 3.19. The zero-order valence-corrected chi connectivity index (χ0v) is 14.6. The van der Waals surface area contributed by atoms with Gasteiger partial charge in [0.05, 0.1) is 5.69 Å². The number of nitrogens with zero attached hydrogens (tertiary/aromatic N) is 5. The minimum absolute atomic E-state index is 0.574. The molecule has 4 rings (SSSR count). The molecule has 1 aliphatic rings. The second kappa shape index (κ2) is 6.35. The van der Waals surface area contributed by atoms with Gasteiger partial charge in [0.25, 0.3) is 0 Å². The average molecular weight is 339 g/mol. The van der Waals surface area contributed by atoms with Gasteiger partial charge >= 0.3 is 0 Å². The lowest BCUT2D eigenvalue weighted by Crippen LogP contribution is -2.34. The van der Waals surface area contributed by atoms with Crippen molar-refractivity contribution in [1.29, 1.82) is 0 Å². The summed E-state index contributed by atoms with van der Waals surface area (Å²) in [5.41, 5.74) is 3.12. The first-order chi connectivity index (χ1) is 12.1. The maximum absolute atomic E-state index is 13.3. The Morgan fingerprint density at radius 1 is 1.04 bits per heavy atom. The molecule has 0 saturated carbocycles. The number of imidazole rings is 1. The molecule has 6 heteroatoms. The molecular weight excluding hydrogens is 317 g/mol. The number of fused-ring (bicyclic) bond motifs is 1. The standard InChI is InChI=1S/C19H22FN5/c1-23(2)16-5-3-14(4-6-16)17-13-25-12-9-18(22-19(25)21-17)24-10-7-15(20)8-11-24/h3-6,9,12-13,15H,7-8,10-11H2,1-2H3. The van der Waals surface area contributed by atoms with Gasteiger partial charge in [-0.2, -0.15) is 4.98 Å². The second-order valence-corrected chi connectivity index (χ2v) is 6.72. The molecule has 0 aliphatic carbocycles. The molecule has 1 aromatic carbocycles. The van der Waals surface area contributed by atoms with Gasteiger partial charge in [-0.1, -0.05) is 12.1 Å². The molecule has 2 aromatic heterocycles. The minimum atomic E-state index is -0.678. The lowest BCUT2D eigenvalue weighted by molar-refractivity contribution is 0.277. The Bertz CT molecular complexity index is 863. The van der Waals surface area contributed by atoms with Gasteiger partial charge in [0.2, 0.25) is 5.78 Å². The van der Waals surface area contributed by atoms with Crippen molar-refractivity contribution in [2.45, 2.75) is 19.0 Å². The molecule has 0 radical (unpaired) electrons. The van der Waals surface area contributed by atoms with Crippen molar-refractivity contribution in [2.24, 2.45) is 0 Å². The minimum Gasteiger partial charge on any atom is -0.378 e. The number of hydrogen-bond acceptors (Lipinski definition) is 4. The van der Waals surface area contributed by atoms with E-state index in [1.165, 1.54) is 0 Å². The Hall–Kier alpha value is -2.63. The molecule has 130 valence electrons. The first kappa shape index (κ1) is 15.9. The molecule has 3 heterocycles. The van der Waals surface area contributed by atoms with E-state index in [9.17, 15) is 4.39 Å². The number of piperidine rings is 1. The number of hydrogen-bond donors (Lipinski definition) is 0. The van der Waals surface area contributed by atoms with Crippen molar-refractivity contribution >= 4 is 17.3 Å². The average Bonchev–Trinajstić information content (AvgIpc) is 3.05. The Balaban J connectivity index is 1.61. The fourth-order valence-corrected chi connectivity index (χ4v) is 3.19. The van der Waals surface area contributed by atoms with Crippen LogP contribution in [0.2, 0.25) is 0 Å². The Kier molecular flexibility index (Phi) is 4.03. The van der Waals surface area contributed by atoms with Gasteiger partial charge in [-0.3, -0.25) is 4.40 Å². The number of halogens is 1. The van der Waals surface area contributed by atoms with Gasteiger partial charge in [0.15, 0.2) is 0 Å². The van der Waals surface area contributed by atoms with Crippen LogP contribution in [0.15, 0.2) is 42.7 Å². The molecule has 1 aliphatic heterocycles. The smallest absolute Gasteiger partial charge is 0.236 e. The van der Waals surface area contributed by atoms with E-state index in [0.29, 0.717) is 31.7 Å². The van der Waals surface area contributed by atoms with Gasteiger partial charge in [-0.15, -0.1) is 0 Å². The van der Waals surface area contributed by atoms with Crippen LogP contribution in [-0.4, -0.2) is 47.7 Å². The first-order valence-corrected chi connectivity index (χ1v) is 8.63. The molecule has 0 spiro atoms. The van der Waals surface area contributed by atoms with Crippen molar-refractivity contribution in [2.75, 3.05) is 37.0 Å². The maximum Gasteiger partial charge on any atom is 0.236 e. The number of aromatic nitrogens is 3. The SMILES string of the molecule is CN(C)c1ccc(-c2cn3ccc(N4CCC(F)CC4)nc3n2)cc1. The molecule has 0 unspecified atom stereocenters. The van der Waals surface area contributed by atoms with E-state index >= 15 is 0 Å². The summed E-state index contributed by atoms with van der Waals surface area (Å²) in [4.78, 5) is 13.5. The van der Waals surface area contributed by atoms with E-state index in [2.05, 4.69) is 44.0 Å². The quantitative estimate of drug-likeness (QED) is 0.733. The van der Waals surface area contributed by atoms with Crippen LogP contribution in [0.1, 0.15) is 12.8 Å². The van der Waals surface area contributed by atoms with Gasteiger partial charge in [-0.25, -0.2) is 9.37 Å². The predicted octanol–water partition coefficient (Wildman–Crippen LogP) is 3.40. The molecule has 25 heavy (non-hydrogen) atoms. The summed E-state index contributed by atoms with van der Waals surface area (Å²) in [7, 11) is 4.05. The Labute approximate surface area is 146 Å². The number of rotatable bonds is 3. The summed E-state index contributed by atoms with van der Waals surface area (Å²) in [5, 5.41) is 0. The van der Waals surface area contributed by atoms with Gasteiger partial charge in [0.1, 0.15) is 12.0 Å². The zero-order valence-electron chi connectivity index (χ0n) is 14.6. The molecule has 1 saturated heterocycles. The van der Waals surface area contributed by atoms with Crippen LogP contribution in [0.3, 0.4) is 0 Å². The van der Waals surface area contributed by atoms with Crippen molar-refractivity contribution < 1.29 is 4.39 Å². The monoisotopic (exact) mass is 339 g/mol. The van der Waals surface area contributed by atoms with Crippen molar-refractivity contribution in [3.05, 3.63) is 42.7 Å². The Morgan fingerprint density at radius 3 is 2.44 bits per heavy atom. The van der Waals surface area contributed by atoms with Crippen molar-refractivity contribution in [1.82, 2.24) is 14.4 Å². The van der Waals surface area contributed by atoms with E-state index in [-0.39, 0.29) is 0 Å². The van der Waals surface area contributed by atoms with Crippen LogP contribution in [0.4, 0.5) is 15.9 Å². The van der Waals surface area contributed by atoms with Crippen LogP contribution >= 0.6 is 0 Å². The van der Waals surface area contributed by atoms with Crippen molar-refractivity contribution in [3.8, 4) is 11.3 Å². The summed E-state index contributed by atoms with van der Waals surface area (Å²) >= 11 is 0. The van der Waals surface area contributed by atoms with E-state index < -0.39 is 6.17 Å². The van der Waals surface area contributed by atoms with Gasteiger partial charge < -0.3 is 9.80 Å². The number of alkyl halides is 1. The first-order valence-electron chi connectivity index (χ1n) is 8.63. The molecule has 0 amide bonds. The highest BCUT2D eigenvalue weighted by molar-refractivity contribution is 5.65. The predicted molar refractivity (Wildman–Crippen MR) is 99.1 cm³/mol. The van der Waals surface area contributed by atoms with E-state index in [1.54, 1.807) is 0 Å². The summed E-state index contributed by atoms with van der Waals surface area (Å²) in [6.45, 7) is 1.42. The zero-order chi connectivity index (χ0) is 17.4. The highest BCUT2D eigenvalue weighted by Gasteiger charge is 2.19. The highest BCUT2D eigenvalue weighted by Crippen LogP contribution is 2.24. The lowest BCUT2D eigenvalue weighted by Gasteiger charge is -2.29. The fraction of sp³-hybridized carbons (Fsp3) is 0.368. The van der Waals surface area contributed by atoms with Crippen LogP contribution in [0.25, 0.3) is 17.0 Å². The van der Waals surface area contributed by atoms with Gasteiger partial charge in [-0.05, 0) is 31.0 Å². The van der Waals surface area contributed by atoms with E-state index in [1.807, 2.05) is 37.0 Å². The third-order valence-corrected chi connectivity index (χ3v) is 4.74.